The molecular formula is C7H9FO4. The summed E-state index contributed by atoms with van der Waals surface area (Å²) in [4.78, 5) is 18.9. The molecule has 0 aliphatic rings. The van der Waals surface area contributed by atoms with Crippen molar-refractivity contribution >= 4 is 11.9 Å². The molecule has 68 valence electrons. The molecule has 0 saturated heterocycles. The molecule has 0 aromatic carbocycles. The fraction of sp³-hybridized carbons (Fsp3) is 0.143. The van der Waals surface area contributed by atoms with Crippen molar-refractivity contribution in [3.63, 3.8) is 0 Å². The van der Waals surface area contributed by atoms with Gasteiger partial charge in [-0.1, -0.05) is 6.58 Å². The molecule has 0 amide bonds. The van der Waals surface area contributed by atoms with Gasteiger partial charge in [0.1, 0.15) is 0 Å². The predicted molar refractivity (Wildman–Crippen MR) is 40.3 cm³/mol. The number of hydrogen-bond donors (Lipinski definition) is 2. The van der Waals surface area contributed by atoms with Gasteiger partial charge < -0.3 is 10.2 Å². The van der Waals surface area contributed by atoms with Gasteiger partial charge in [-0.2, -0.15) is 0 Å². The summed E-state index contributed by atoms with van der Waals surface area (Å²) >= 11 is 0. The fourth-order valence-electron chi connectivity index (χ4n) is 0.0467. The Balaban J connectivity index is 0. The molecule has 12 heavy (non-hydrogen) atoms. The van der Waals surface area contributed by atoms with Crippen LogP contribution in [0, 0.1) is 0 Å². The predicted octanol–water partition coefficient (Wildman–Crippen LogP) is 1.20. The number of carboxylic acid groups (broad SMARTS) is 2. The van der Waals surface area contributed by atoms with E-state index < -0.39 is 11.9 Å². The summed E-state index contributed by atoms with van der Waals surface area (Å²) in [7, 11) is 0. The highest BCUT2D eigenvalue weighted by molar-refractivity contribution is 5.85. The topological polar surface area (TPSA) is 74.6 Å². The first-order valence-corrected chi connectivity index (χ1v) is 2.81. The Morgan fingerprint density at radius 2 is 1.75 bits per heavy atom. The van der Waals surface area contributed by atoms with Crippen LogP contribution in [0.15, 0.2) is 24.6 Å². The summed E-state index contributed by atoms with van der Waals surface area (Å²) in [6, 6.07) is 0. The average molecular weight is 176 g/mol. The summed E-state index contributed by atoms with van der Waals surface area (Å²) in [6.07, 6.45) is 0.891. The van der Waals surface area contributed by atoms with E-state index in [0.29, 0.717) is 0 Å². The average Bonchev–Trinajstić information content (AvgIpc) is 2.04. The zero-order chi connectivity index (χ0) is 10.1. The molecule has 0 unspecified atom stereocenters. The van der Waals surface area contributed by atoms with Gasteiger partial charge in [0.15, 0.2) is 0 Å². The van der Waals surface area contributed by atoms with E-state index in [1.807, 2.05) is 0 Å². The number of hydrogen-bond acceptors (Lipinski definition) is 2. The van der Waals surface area contributed by atoms with Crippen LogP contribution >= 0.6 is 0 Å². The van der Waals surface area contributed by atoms with Crippen molar-refractivity contribution in [1.82, 2.24) is 0 Å². The Hall–Kier alpha value is -1.65. The van der Waals surface area contributed by atoms with E-state index in [0.717, 1.165) is 6.08 Å². The van der Waals surface area contributed by atoms with Crippen molar-refractivity contribution < 1.29 is 24.2 Å². The molecule has 0 aromatic heterocycles. The van der Waals surface area contributed by atoms with Crippen LogP contribution in [-0.4, -0.2) is 22.2 Å². The van der Waals surface area contributed by atoms with E-state index in [1.54, 1.807) is 0 Å². The van der Waals surface area contributed by atoms with Gasteiger partial charge in [-0.05, 0) is 6.92 Å². The quantitative estimate of drug-likeness (QED) is 0.620. The van der Waals surface area contributed by atoms with Crippen LogP contribution in [0.4, 0.5) is 4.39 Å². The SMILES string of the molecule is C=CC(=O)O.CC(=CF)C(=O)O. The van der Waals surface area contributed by atoms with Gasteiger partial charge >= 0.3 is 11.9 Å². The lowest BCUT2D eigenvalue weighted by Gasteiger charge is -1.81. The van der Waals surface area contributed by atoms with Crippen LogP contribution < -0.4 is 0 Å². The molecule has 0 atom stereocenters. The monoisotopic (exact) mass is 176 g/mol. The van der Waals surface area contributed by atoms with Crippen molar-refractivity contribution in [3.05, 3.63) is 24.6 Å². The molecule has 2 N–H and O–H groups in total. The highest BCUT2D eigenvalue weighted by atomic mass is 19.1. The van der Waals surface area contributed by atoms with Crippen LogP contribution in [0.2, 0.25) is 0 Å². The second-order valence-corrected chi connectivity index (χ2v) is 1.64. The Morgan fingerprint density at radius 3 is 1.75 bits per heavy atom. The van der Waals surface area contributed by atoms with Gasteiger partial charge in [-0.25, -0.2) is 14.0 Å². The number of carbonyl (C=O) groups is 2. The number of rotatable bonds is 2. The van der Waals surface area contributed by atoms with Gasteiger partial charge in [0.25, 0.3) is 0 Å². The first-order valence-electron chi connectivity index (χ1n) is 2.81. The number of carboxylic acids is 2. The minimum absolute atomic E-state index is 0.0579. The molecule has 0 bridgehead atoms. The Kier molecular flexibility index (Phi) is 8.06. The van der Waals surface area contributed by atoms with Crippen LogP contribution in [0.5, 0.6) is 0 Å². The van der Waals surface area contributed by atoms with Crippen LogP contribution in [-0.2, 0) is 9.59 Å². The normalized spacial score (nSPS) is 9.33. The van der Waals surface area contributed by atoms with Crippen molar-refractivity contribution in [1.29, 1.82) is 0 Å². The van der Waals surface area contributed by atoms with Gasteiger partial charge in [0.2, 0.25) is 0 Å². The van der Waals surface area contributed by atoms with Crippen molar-refractivity contribution in [3.8, 4) is 0 Å². The van der Waals surface area contributed by atoms with Gasteiger partial charge in [-0.15, -0.1) is 0 Å². The van der Waals surface area contributed by atoms with Gasteiger partial charge in [-0.3, -0.25) is 0 Å². The smallest absolute Gasteiger partial charge is 0.333 e. The molecular weight excluding hydrogens is 167 g/mol. The summed E-state index contributed by atoms with van der Waals surface area (Å²) in [5.74, 6) is -2.20. The van der Waals surface area contributed by atoms with Crippen LogP contribution in [0.3, 0.4) is 0 Å². The summed E-state index contributed by atoms with van der Waals surface area (Å²) in [5, 5.41) is 15.5. The lowest BCUT2D eigenvalue weighted by atomic mass is 10.4. The molecule has 0 radical (unpaired) electrons. The second kappa shape index (κ2) is 7.46. The van der Waals surface area contributed by atoms with E-state index in [9.17, 15) is 14.0 Å². The fourth-order valence-corrected chi connectivity index (χ4v) is 0.0467. The third-order valence-corrected chi connectivity index (χ3v) is 0.676. The zero-order valence-electron chi connectivity index (χ0n) is 6.45. The minimum atomic E-state index is -1.22. The number of halogens is 1. The van der Waals surface area contributed by atoms with E-state index in [1.165, 1.54) is 6.92 Å². The molecule has 0 aliphatic carbocycles. The molecule has 5 heteroatoms. The second-order valence-electron chi connectivity index (χ2n) is 1.64. The molecule has 0 aromatic rings. The highest BCUT2D eigenvalue weighted by Gasteiger charge is 1.95. The zero-order valence-corrected chi connectivity index (χ0v) is 6.45. The summed E-state index contributed by atoms with van der Waals surface area (Å²) < 4.78 is 11.1. The first kappa shape index (κ1) is 13.0. The lowest BCUT2D eigenvalue weighted by Crippen LogP contribution is -1.93. The lowest BCUT2D eigenvalue weighted by molar-refractivity contribution is -0.133. The van der Waals surface area contributed by atoms with Gasteiger partial charge in [0, 0.05) is 6.08 Å². The maximum Gasteiger partial charge on any atom is 0.333 e. The molecule has 4 nitrogen and oxygen atoms in total. The van der Waals surface area contributed by atoms with Crippen molar-refractivity contribution in [2.75, 3.05) is 0 Å². The van der Waals surface area contributed by atoms with Crippen LogP contribution in [0.1, 0.15) is 6.92 Å². The summed E-state index contributed by atoms with van der Waals surface area (Å²) in [5.41, 5.74) is -0.278. The summed E-state index contributed by atoms with van der Waals surface area (Å²) in [6.45, 7) is 4.14. The Labute approximate surface area is 68.6 Å². The molecule has 0 fully saturated rings. The highest BCUT2D eigenvalue weighted by Crippen LogP contribution is 1.89. The Bertz CT molecular complexity index is 207. The largest absolute Gasteiger partial charge is 0.478 e. The molecule has 0 heterocycles. The third kappa shape index (κ3) is 11.2. The third-order valence-electron chi connectivity index (χ3n) is 0.676. The first-order chi connectivity index (χ1) is 5.45. The minimum Gasteiger partial charge on any atom is -0.478 e. The van der Waals surface area contributed by atoms with E-state index >= 15 is 0 Å². The standard InChI is InChI=1S/C4H5FO2.C3H4O2/c1-3(2-5)4(6)7;1-2-3(4)5/h2H,1H3,(H,6,7);2H,1H2,(H,4,5). The van der Waals surface area contributed by atoms with Crippen molar-refractivity contribution in [2.45, 2.75) is 6.92 Å². The molecule has 0 saturated carbocycles. The molecule has 0 aliphatic heterocycles. The van der Waals surface area contributed by atoms with E-state index in [-0.39, 0.29) is 11.9 Å². The van der Waals surface area contributed by atoms with Crippen molar-refractivity contribution in [2.24, 2.45) is 0 Å². The molecule has 0 rings (SSSR count). The van der Waals surface area contributed by atoms with Gasteiger partial charge in [0.05, 0.1) is 11.9 Å². The van der Waals surface area contributed by atoms with E-state index in [4.69, 9.17) is 10.2 Å². The number of aliphatic carboxylic acids is 2. The molecule has 0 spiro atoms. The van der Waals surface area contributed by atoms with E-state index in [2.05, 4.69) is 6.58 Å². The Morgan fingerprint density at radius 1 is 1.42 bits per heavy atom. The maximum absolute atomic E-state index is 11.1. The van der Waals surface area contributed by atoms with Crippen LogP contribution in [0.25, 0.3) is 0 Å². The maximum atomic E-state index is 11.1.